The van der Waals surface area contributed by atoms with E-state index in [9.17, 15) is 9.59 Å². The Hall–Kier alpha value is -1.83. The number of carbonyl (C=O) groups excluding carboxylic acids is 2. The predicted octanol–water partition coefficient (Wildman–Crippen LogP) is 2.14. The van der Waals surface area contributed by atoms with Gasteiger partial charge in [-0.1, -0.05) is 20.3 Å². The Kier molecular flexibility index (Phi) is 9.63. The van der Waals surface area contributed by atoms with E-state index in [1.807, 2.05) is 9.80 Å². The smallest absolute Gasteiger partial charge is 0.222 e. The number of unbranched alkanes of at least 4 members (excludes halogenated alkanes) is 2. The molecule has 3 unspecified atom stereocenters. The molecule has 0 aromatic carbocycles. The van der Waals surface area contributed by atoms with Gasteiger partial charge < -0.3 is 25.2 Å². The second-order valence-electron chi connectivity index (χ2n) is 9.79. The van der Waals surface area contributed by atoms with Crippen LogP contribution in [0.15, 0.2) is 4.99 Å². The first-order chi connectivity index (χ1) is 15.5. The zero-order valence-electron chi connectivity index (χ0n) is 20.3. The monoisotopic (exact) mass is 449 g/mol. The van der Waals surface area contributed by atoms with Crippen LogP contribution in [0.2, 0.25) is 0 Å². The van der Waals surface area contributed by atoms with Crippen LogP contribution in [0.5, 0.6) is 0 Å². The minimum atomic E-state index is 0.215. The van der Waals surface area contributed by atoms with Crippen molar-refractivity contribution in [3.05, 3.63) is 0 Å². The fourth-order valence-corrected chi connectivity index (χ4v) is 4.88. The number of nitrogens with one attached hydrogen (secondary N) is 2. The molecule has 3 rings (SSSR count). The third-order valence-corrected chi connectivity index (χ3v) is 6.66. The number of fused-ring (bicyclic) bond motifs is 2. The van der Waals surface area contributed by atoms with Gasteiger partial charge in [0.05, 0.1) is 18.2 Å². The summed E-state index contributed by atoms with van der Waals surface area (Å²) >= 11 is 0. The molecule has 182 valence electrons. The molecule has 0 aromatic heterocycles. The van der Waals surface area contributed by atoms with E-state index < -0.39 is 0 Å². The average Bonchev–Trinajstić information content (AvgIpc) is 3.39. The first-order valence-corrected chi connectivity index (χ1v) is 12.7. The summed E-state index contributed by atoms with van der Waals surface area (Å²) in [5, 5.41) is 6.88. The lowest BCUT2D eigenvalue weighted by atomic mass is 9.96. The van der Waals surface area contributed by atoms with Crippen molar-refractivity contribution >= 4 is 17.8 Å². The summed E-state index contributed by atoms with van der Waals surface area (Å²) in [6, 6.07) is 0.380. The molecule has 0 aliphatic carbocycles. The largest absolute Gasteiger partial charge is 0.373 e. The molecule has 2 bridgehead atoms. The van der Waals surface area contributed by atoms with E-state index in [1.54, 1.807) is 0 Å². The van der Waals surface area contributed by atoms with E-state index in [-0.39, 0.29) is 11.8 Å². The zero-order valence-corrected chi connectivity index (χ0v) is 20.3. The van der Waals surface area contributed by atoms with Crippen LogP contribution in [-0.4, -0.2) is 85.1 Å². The van der Waals surface area contributed by atoms with Gasteiger partial charge in [-0.15, -0.1) is 0 Å². The van der Waals surface area contributed by atoms with Crippen molar-refractivity contribution in [1.82, 2.24) is 20.4 Å². The van der Waals surface area contributed by atoms with Crippen LogP contribution < -0.4 is 10.6 Å². The number of ether oxygens (including phenoxy) is 1. The van der Waals surface area contributed by atoms with Gasteiger partial charge >= 0.3 is 0 Å². The van der Waals surface area contributed by atoms with Gasteiger partial charge in [-0.05, 0) is 44.9 Å². The maximum absolute atomic E-state index is 12.5. The summed E-state index contributed by atoms with van der Waals surface area (Å²) in [5.74, 6) is 1.69. The van der Waals surface area contributed by atoms with Gasteiger partial charge in [-0.2, -0.15) is 0 Å². The highest BCUT2D eigenvalue weighted by Crippen LogP contribution is 2.34. The summed E-state index contributed by atoms with van der Waals surface area (Å²) in [7, 11) is 0. The topological polar surface area (TPSA) is 86.3 Å². The van der Waals surface area contributed by atoms with Gasteiger partial charge in [0.1, 0.15) is 0 Å². The summed E-state index contributed by atoms with van der Waals surface area (Å²) in [6.07, 6.45) is 8.25. The Labute approximate surface area is 193 Å². The highest BCUT2D eigenvalue weighted by molar-refractivity contribution is 5.80. The number of nitrogens with zero attached hydrogens (tertiary/aromatic N) is 3. The lowest BCUT2D eigenvalue weighted by molar-refractivity contribution is -0.140. The van der Waals surface area contributed by atoms with Gasteiger partial charge in [0.25, 0.3) is 0 Å². The summed E-state index contributed by atoms with van der Waals surface area (Å²) in [5.41, 5.74) is 0. The molecule has 3 fully saturated rings. The van der Waals surface area contributed by atoms with Gasteiger partial charge in [0.2, 0.25) is 11.8 Å². The Bertz CT molecular complexity index is 646. The van der Waals surface area contributed by atoms with Crippen molar-refractivity contribution in [1.29, 1.82) is 0 Å². The summed E-state index contributed by atoms with van der Waals surface area (Å²) < 4.78 is 5.93. The fraction of sp³-hybridized carbons (Fsp3) is 0.875. The second-order valence-corrected chi connectivity index (χ2v) is 9.79. The molecule has 0 saturated carbocycles. The summed E-state index contributed by atoms with van der Waals surface area (Å²) in [4.78, 5) is 33.2. The molecule has 32 heavy (non-hydrogen) atoms. The van der Waals surface area contributed by atoms with Crippen LogP contribution in [0.3, 0.4) is 0 Å². The average molecular weight is 450 g/mol. The maximum Gasteiger partial charge on any atom is 0.222 e. The van der Waals surface area contributed by atoms with Crippen molar-refractivity contribution in [3.63, 3.8) is 0 Å². The number of carbonyl (C=O) groups is 2. The lowest BCUT2D eigenvalue weighted by Crippen LogP contribution is -2.50. The van der Waals surface area contributed by atoms with Crippen LogP contribution in [-0.2, 0) is 14.3 Å². The van der Waals surface area contributed by atoms with Crippen LogP contribution in [0.4, 0.5) is 0 Å². The number of guanidine groups is 1. The highest BCUT2D eigenvalue weighted by Gasteiger charge is 2.41. The summed E-state index contributed by atoms with van der Waals surface area (Å²) in [6.45, 7) is 10.5. The molecule has 3 saturated heterocycles. The standard InChI is InChI=1S/C24H43N5O3/c1-4-25-24(27-20-17-19-9-10-21(20)32-19)26-11-7-5-6-8-22(30)28-12-14-29(15-13-28)23(31)16-18(2)3/h18-21H,4-17H2,1-3H3,(H2,25,26,27). The molecular formula is C24H43N5O3. The Balaban J connectivity index is 1.27. The van der Waals surface area contributed by atoms with E-state index in [2.05, 4.69) is 31.4 Å². The fourth-order valence-electron chi connectivity index (χ4n) is 4.88. The molecule has 0 aromatic rings. The first-order valence-electron chi connectivity index (χ1n) is 12.7. The van der Waals surface area contributed by atoms with Crippen LogP contribution in [0.1, 0.15) is 72.1 Å². The molecule has 0 spiro atoms. The van der Waals surface area contributed by atoms with E-state index in [0.717, 1.165) is 51.2 Å². The molecular weight excluding hydrogens is 406 g/mol. The minimum absolute atomic E-state index is 0.215. The number of rotatable bonds is 10. The minimum Gasteiger partial charge on any atom is -0.373 e. The van der Waals surface area contributed by atoms with Gasteiger partial charge in [-0.3, -0.25) is 14.6 Å². The van der Waals surface area contributed by atoms with E-state index in [0.29, 0.717) is 63.2 Å². The quantitative estimate of drug-likeness (QED) is 0.303. The van der Waals surface area contributed by atoms with Crippen molar-refractivity contribution in [2.75, 3.05) is 39.3 Å². The maximum atomic E-state index is 12.5. The van der Waals surface area contributed by atoms with E-state index >= 15 is 0 Å². The van der Waals surface area contributed by atoms with Gasteiger partial charge in [-0.25, -0.2) is 0 Å². The third-order valence-electron chi connectivity index (χ3n) is 6.66. The SMILES string of the molecule is CCNC(=NCCCCCC(=O)N1CCN(C(=O)CC(C)C)CC1)NC1CC2CCC1O2. The number of aliphatic imine (C=N–C) groups is 1. The molecule has 3 aliphatic heterocycles. The first kappa shape index (κ1) is 24.8. The predicted molar refractivity (Wildman–Crippen MR) is 126 cm³/mol. The molecule has 3 heterocycles. The number of hydrogen-bond acceptors (Lipinski definition) is 4. The molecule has 8 heteroatoms. The zero-order chi connectivity index (χ0) is 22.9. The second kappa shape index (κ2) is 12.4. The molecule has 8 nitrogen and oxygen atoms in total. The van der Waals surface area contributed by atoms with Gasteiger partial charge in [0.15, 0.2) is 5.96 Å². The molecule has 3 aliphatic rings. The Morgan fingerprint density at radius 3 is 2.34 bits per heavy atom. The number of hydrogen-bond donors (Lipinski definition) is 2. The lowest BCUT2D eigenvalue weighted by Gasteiger charge is -2.35. The normalized spacial score (nSPS) is 25.5. The van der Waals surface area contributed by atoms with E-state index in [4.69, 9.17) is 9.73 Å². The van der Waals surface area contributed by atoms with Crippen LogP contribution >= 0.6 is 0 Å². The van der Waals surface area contributed by atoms with Crippen molar-refractivity contribution in [2.24, 2.45) is 10.9 Å². The van der Waals surface area contributed by atoms with Gasteiger partial charge in [0, 0.05) is 52.1 Å². The van der Waals surface area contributed by atoms with Crippen LogP contribution in [0.25, 0.3) is 0 Å². The van der Waals surface area contributed by atoms with Crippen molar-refractivity contribution in [2.45, 2.75) is 90.4 Å². The third kappa shape index (κ3) is 7.36. The van der Waals surface area contributed by atoms with Crippen molar-refractivity contribution < 1.29 is 14.3 Å². The van der Waals surface area contributed by atoms with E-state index in [1.165, 1.54) is 6.42 Å². The molecule has 0 radical (unpaired) electrons. The highest BCUT2D eigenvalue weighted by atomic mass is 16.5. The molecule has 3 atom stereocenters. The Morgan fingerprint density at radius 1 is 1.03 bits per heavy atom. The molecule has 2 N–H and O–H groups in total. The Morgan fingerprint density at radius 2 is 1.75 bits per heavy atom. The number of piperazine rings is 1. The van der Waals surface area contributed by atoms with Crippen molar-refractivity contribution in [3.8, 4) is 0 Å². The number of amides is 2. The van der Waals surface area contributed by atoms with Crippen LogP contribution in [0, 0.1) is 5.92 Å². The molecule has 2 amide bonds.